The van der Waals surface area contributed by atoms with E-state index in [2.05, 4.69) is 5.32 Å². The first-order valence-electron chi connectivity index (χ1n) is 6.48. The van der Waals surface area contributed by atoms with E-state index in [0.29, 0.717) is 23.6 Å². The van der Waals surface area contributed by atoms with Gasteiger partial charge in [-0.15, -0.1) is 12.4 Å². The average Bonchev–Trinajstić information content (AvgIpc) is 2.40. The summed E-state index contributed by atoms with van der Waals surface area (Å²) >= 11 is 0. The van der Waals surface area contributed by atoms with E-state index in [-0.39, 0.29) is 37.2 Å². The number of halogens is 1. The van der Waals surface area contributed by atoms with Gasteiger partial charge in [0.2, 0.25) is 5.91 Å². The molecule has 0 unspecified atom stereocenters. The van der Waals surface area contributed by atoms with Crippen molar-refractivity contribution in [2.75, 3.05) is 32.6 Å². The number of benzene rings is 1. The Balaban J connectivity index is 0.00000400. The molecule has 118 valence electrons. The van der Waals surface area contributed by atoms with E-state index in [0.717, 1.165) is 0 Å². The van der Waals surface area contributed by atoms with E-state index in [1.54, 1.807) is 32.3 Å². The molecule has 0 bridgehead atoms. The largest absolute Gasteiger partial charge is 0.492 e. The molecule has 0 aliphatic rings. The number of carbonyl (C=O) groups excluding carboxylic acids is 2. The van der Waals surface area contributed by atoms with Crippen LogP contribution in [0.3, 0.4) is 0 Å². The molecule has 0 heterocycles. The molecule has 1 rings (SSSR count). The summed E-state index contributed by atoms with van der Waals surface area (Å²) in [6.45, 7) is 2.57. The standard InChI is InChI=1S/C14H21N3O3.ClH/c1-4-20-12-9-10(14(19)17(2)3)5-6-11(12)16-13(18)7-8-15;/h5-6,9H,4,7-8,15H2,1-3H3,(H,16,18);1H. The summed E-state index contributed by atoms with van der Waals surface area (Å²) in [6.07, 6.45) is 0.240. The highest BCUT2D eigenvalue weighted by atomic mass is 35.5. The summed E-state index contributed by atoms with van der Waals surface area (Å²) in [7, 11) is 3.36. The van der Waals surface area contributed by atoms with Gasteiger partial charge in [-0.1, -0.05) is 0 Å². The minimum Gasteiger partial charge on any atom is -0.492 e. The highest BCUT2D eigenvalue weighted by molar-refractivity contribution is 5.97. The zero-order chi connectivity index (χ0) is 15.1. The number of amides is 2. The van der Waals surface area contributed by atoms with Gasteiger partial charge in [-0.3, -0.25) is 9.59 Å². The molecule has 1 aromatic carbocycles. The fourth-order valence-corrected chi connectivity index (χ4v) is 1.64. The number of nitrogens with one attached hydrogen (secondary N) is 1. The molecule has 21 heavy (non-hydrogen) atoms. The van der Waals surface area contributed by atoms with Crippen molar-refractivity contribution in [1.82, 2.24) is 4.90 Å². The van der Waals surface area contributed by atoms with Gasteiger partial charge in [-0.2, -0.15) is 0 Å². The van der Waals surface area contributed by atoms with Crippen LogP contribution in [0.1, 0.15) is 23.7 Å². The lowest BCUT2D eigenvalue weighted by atomic mass is 10.1. The Morgan fingerprint density at radius 3 is 2.52 bits per heavy atom. The number of rotatable bonds is 6. The van der Waals surface area contributed by atoms with E-state index < -0.39 is 0 Å². The Bertz CT molecular complexity index is 492. The highest BCUT2D eigenvalue weighted by Crippen LogP contribution is 2.26. The predicted molar refractivity (Wildman–Crippen MR) is 85.2 cm³/mol. The molecule has 0 saturated carbocycles. The van der Waals surface area contributed by atoms with Gasteiger partial charge < -0.3 is 20.7 Å². The highest BCUT2D eigenvalue weighted by Gasteiger charge is 2.13. The van der Waals surface area contributed by atoms with Crippen molar-refractivity contribution in [2.24, 2.45) is 5.73 Å². The van der Waals surface area contributed by atoms with Crippen molar-refractivity contribution < 1.29 is 14.3 Å². The molecule has 7 heteroatoms. The normalized spacial score (nSPS) is 9.52. The zero-order valence-electron chi connectivity index (χ0n) is 12.5. The first kappa shape index (κ1) is 19.2. The Morgan fingerprint density at radius 2 is 2.00 bits per heavy atom. The molecule has 3 N–H and O–H groups in total. The number of anilines is 1. The molecule has 0 aromatic heterocycles. The number of nitrogens with zero attached hydrogens (tertiary/aromatic N) is 1. The maximum absolute atomic E-state index is 11.9. The maximum Gasteiger partial charge on any atom is 0.253 e. The minimum absolute atomic E-state index is 0. The lowest BCUT2D eigenvalue weighted by Gasteiger charge is -2.15. The number of hydrogen-bond acceptors (Lipinski definition) is 4. The van der Waals surface area contributed by atoms with Gasteiger partial charge in [0.15, 0.2) is 0 Å². The quantitative estimate of drug-likeness (QED) is 0.833. The van der Waals surface area contributed by atoms with Crippen LogP contribution in [-0.2, 0) is 4.79 Å². The first-order valence-corrected chi connectivity index (χ1v) is 6.48. The van der Waals surface area contributed by atoms with Crippen LogP contribution in [-0.4, -0.2) is 44.0 Å². The average molecular weight is 316 g/mol. The third kappa shape index (κ3) is 5.61. The van der Waals surface area contributed by atoms with Crippen LogP contribution in [0.2, 0.25) is 0 Å². The molecule has 0 radical (unpaired) electrons. The third-order valence-electron chi connectivity index (χ3n) is 2.58. The smallest absolute Gasteiger partial charge is 0.253 e. The van der Waals surface area contributed by atoms with E-state index in [1.807, 2.05) is 6.92 Å². The second kappa shape index (κ2) is 9.20. The molecule has 0 saturated heterocycles. The zero-order valence-corrected chi connectivity index (χ0v) is 13.3. The SMILES string of the molecule is CCOc1cc(C(=O)N(C)C)ccc1NC(=O)CCN.Cl. The van der Waals surface area contributed by atoms with Crippen LogP contribution < -0.4 is 15.8 Å². The topological polar surface area (TPSA) is 84.7 Å². The van der Waals surface area contributed by atoms with E-state index in [9.17, 15) is 9.59 Å². The van der Waals surface area contributed by atoms with E-state index >= 15 is 0 Å². The minimum atomic E-state index is -0.180. The van der Waals surface area contributed by atoms with Crippen LogP contribution in [0.5, 0.6) is 5.75 Å². The molecular weight excluding hydrogens is 294 g/mol. The lowest BCUT2D eigenvalue weighted by molar-refractivity contribution is -0.116. The Kier molecular flexibility index (Phi) is 8.42. The van der Waals surface area contributed by atoms with Crippen molar-refractivity contribution in [1.29, 1.82) is 0 Å². The molecule has 0 atom stereocenters. The summed E-state index contributed by atoms with van der Waals surface area (Å²) in [6, 6.07) is 4.95. The van der Waals surface area contributed by atoms with Gasteiger partial charge in [0.05, 0.1) is 12.3 Å². The first-order chi connectivity index (χ1) is 9.49. The maximum atomic E-state index is 11.9. The molecule has 1 aromatic rings. The molecular formula is C14H22ClN3O3. The third-order valence-corrected chi connectivity index (χ3v) is 2.58. The molecule has 2 amide bonds. The van der Waals surface area contributed by atoms with E-state index in [1.165, 1.54) is 4.90 Å². The fraction of sp³-hybridized carbons (Fsp3) is 0.429. The molecule has 0 aliphatic carbocycles. The lowest BCUT2D eigenvalue weighted by Crippen LogP contribution is -2.22. The van der Waals surface area contributed by atoms with Crippen LogP contribution in [0.25, 0.3) is 0 Å². The molecule has 0 spiro atoms. The molecule has 0 fully saturated rings. The van der Waals surface area contributed by atoms with Gasteiger partial charge in [0, 0.05) is 32.6 Å². The second-order valence-corrected chi connectivity index (χ2v) is 4.43. The Morgan fingerprint density at radius 1 is 1.33 bits per heavy atom. The van der Waals surface area contributed by atoms with Gasteiger partial charge in [-0.05, 0) is 25.1 Å². The Labute approximate surface area is 131 Å². The number of ether oxygens (including phenoxy) is 1. The van der Waals surface area contributed by atoms with Crippen molar-refractivity contribution in [3.63, 3.8) is 0 Å². The van der Waals surface area contributed by atoms with Crippen LogP contribution in [0.4, 0.5) is 5.69 Å². The van der Waals surface area contributed by atoms with Gasteiger partial charge in [-0.25, -0.2) is 0 Å². The second-order valence-electron chi connectivity index (χ2n) is 4.43. The summed E-state index contributed by atoms with van der Waals surface area (Å²) in [5, 5.41) is 2.72. The molecule has 6 nitrogen and oxygen atoms in total. The van der Waals surface area contributed by atoms with Gasteiger partial charge in [0.1, 0.15) is 5.75 Å². The van der Waals surface area contributed by atoms with E-state index in [4.69, 9.17) is 10.5 Å². The summed E-state index contributed by atoms with van der Waals surface area (Å²) in [5.41, 5.74) is 6.39. The summed E-state index contributed by atoms with van der Waals surface area (Å²) in [4.78, 5) is 25.0. The summed E-state index contributed by atoms with van der Waals surface area (Å²) < 4.78 is 5.47. The Hall–Kier alpha value is -1.79. The van der Waals surface area contributed by atoms with Crippen LogP contribution in [0, 0.1) is 0 Å². The fourth-order valence-electron chi connectivity index (χ4n) is 1.64. The van der Waals surface area contributed by atoms with Crippen molar-refractivity contribution in [3.05, 3.63) is 23.8 Å². The summed E-state index contributed by atoms with van der Waals surface area (Å²) in [5.74, 6) is 0.177. The monoisotopic (exact) mass is 315 g/mol. The predicted octanol–water partition coefficient (Wildman–Crippen LogP) is 1.50. The van der Waals surface area contributed by atoms with Crippen molar-refractivity contribution >= 4 is 29.9 Å². The van der Waals surface area contributed by atoms with Gasteiger partial charge >= 0.3 is 0 Å². The number of hydrogen-bond donors (Lipinski definition) is 2. The van der Waals surface area contributed by atoms with Crippen molar-refractivity contribution in [2.45, 2.75) is 13.3 Å². The molecule has 0 aliphatic heterocycles. The number of nitrogens with two attached hydrogens (primary N) is 1. The van der Waals surface area contributed by atoms with Crippen LogP contribution in [0.15, 0.2) is 18.2 Å². The van der Waals surface area contributed by atoms with Crippen molar-refractivity contribution in [3.8, 4) is 5.75 Å². The van der Waals surface area contributed by atoms with Gasteiger partial charge in [0.25, 0.3) is 5.91 Å². The van der Waals surface area contributed by atoms with Crippen LogP contribution >= 0.6 is 12.4 Å². The number of carbonyl (C=O) groups is 2.